The highest BCUT2D eigenvalue weighted by Gasteiger charge is 2.55. The SMILES string of the molecule is Cc1ccc([C@@H]2[C@@H]3C(c4ccccc4)=NC=C[C@@H](c4ccccc4)N23)cc1. The summed E-state index contributed by atoms with van der Waals surface area (Å²) in [6.45, 7) is 2.14. The van der Waals surface area contributed by atoms with E-state index in [9.17, 15) is 0 Å². The third kappa shape index (κ3) is 2.92. The minimum Gasteiger partial charge on any atom is -0.273 e. The van der Waals surface area contributed by atoms with Crippen LogP contribution in [0.25, 0.3) is 0 Å². The number of nitrogens with zero attached hydrogens (tertiary/aromatic N) is 2. The fraction of sp³-hybridized carbons (Fsp3) is 0.160. The average Bonchev–Trinajstić information content (AvgIpc) is 3.47. The number of hydrogen-bond donors (Lipinski definition) is 0. The molecular formula is C25H22N2. The Morgan fingerprint density at radius 1 is 0.704 bits per heavy atom. The number of aryl methyl sites for hydroxylation is 1. The standard InChI is InChI=1S/C25H22N2/c1-18-12-14-21(15-13-18)24-25-23(20-10-6-3-7-11-20)26-17-16-22(27(24)25)19-8-4-2-5-9-19/h2-17,22,24-25H,1H3/t22-,24+,25-,27?/m0/s1. The summed E-state index contributed by atoms with van der Waals surface area (Å²) in [7, 11) is 0. The van der Waals surface area contributed by atoms with Crippen molar-refractivity contribution in [3.05, 3.63) is 119 Å². The van der Waals surface area contributed by atoms with Gasteiger partial charge in [-0.05, 0) is 29.7 Å². The molecule has 1 fully saturated rings. The van der Waals surface area contributed by atoms with Crippen molar-refractivity contribution in [1.82, 2.24) is 4.90 Å². The van der Waals surface area contributed by atoms with Gasteiger partial charge >= 0.3 is 0 Å². The van der Waals surface area contributed by atoms with E-state index in [-0.39, 0.29) is 6.04 Å². The van der Waals surface area contributed by atoms with E-state index < -0.39 is 0 Å². The van der Waals surface area contributed by atoms with Crippen LogP contribution in [0.3, 0.4) is 0 Å². The molecule has 0 bridgehead atoms. The Morgan fingerprint density at radius 2 is 1.37 bits per heavy atom. The van der Waals surface area contributed by atoms with Crippen molar-refractivity contribution >= 4 is 5.71 Å². The van der Waals surface area contributed by atoms with Gasteiger partial charge in [-0.25, -0.2) is 0 Å². The molecule has 1 saturated heterocycles. The van der Waals surface area contributed by atoms with Gasteiger partial charge in [-0.3, -0.25) is 9.89 Å². The first-order chi connectivity index (χ1) is 13.3. The third-order valence-electron chi connectivity index (χ3n) is 5.56. The molecule has 0 aliphatic carbocycles. The van der Waals surface area contributed by atoms with E-state index in [4.69, 9.17) is 4.99 Å². The monoisotopic (exact) mass is 350 g/mol. The molecular weight excluding hydrogens is 328 g/mol. The first kappa shape index (κ1) is 16.2. The van der Waals surface area contributed by atoms with Gasteiger partial charge in [0.05, 0.1) is 23.8 Å². The molecule has 2 aliphatic rings. The maximum Gasteiger partial charge on any atom is 0.0740 e. The molecule has 0 N–H and O–H groups in total. The van der Waals surface area contributed by atoms with E-state index in [1.807, 2.05) is 6.20 Å². The molecule has 3 aromatic carbocycles. The van der Waals surface area contributed by atoms with Crippen molar-refractivity contribution in [2.24, 2.45) is 4.99 Å². The number of hydrogen-bond acceptors (Lipinski definition) is 2. The van der Waals surface area contributed by atoms with E-state index >= 15 is 0 Å². The van der Waals surface area contributed by atoms with Crippen molar-refractivity contribution < 1.29 is 0 Å². The largest absolute Gasteiger partial charge is 0.273 e. The summed E-state index contributed by atoms with van der Waals surface area (Å²) < 4.78 is 0. The molecule has 3 aromatic rings. The van der Waals surface area contributed by atoms with Gasteiger partial charge < -0.3 is 0 Å². The predicted octanol–water partition coefficient (Wildman–Crippen LogP) is 5.48. The molecule has 2 nitrogen and oxygen atoms in total. The zero-order valence-electron chi connectivity index (χ0n) is 15.4. The average molecular weight is 350 g/mol. The second kappa shape index (κ2) is 6.64. The predicted molar refractivity (Wildman–Crippen MR) is 111 cm³/mol. The van der Waals surface area contributed by atoms with Gasteiger partial charge in [-0.15, -0.1) is 0 Å². The quantitative estimate of drug-likeness (QED) is 0.571. The van der Waals surface area contributed by atoms with Crippen LogP contribution in [0.1, 0.15) is 34.3 Å². The van der Waals surface area contributed by atoms with Gasteiger partial charge in [0.1, 0.15) is 0 Å². The molecule has 2 heterocycles. The van der Waals surface area contributed by atoms with Crippen LogP contribution in [0.15, 0.2) is 102 Å². The lowest BCUT2D eigenvalue weighted by molar-refractivity contribution is 0.438. The number of aliphatic imine (C=N–C) groups is 1. The first-order valence-corrected chi connectivity index (χ1v) is 9.52. The molecule has 132 valence electrons. The van der Waals surface area contributed by atoms with Gasteiger partial charge in [-0.2, -0.15) is 0 Å². The Kier molecular flexibility index (Phi) is 3.99. The lowest BCUT2D eigenvalue weighted by Crippen LogP contribution is -2.15. The van der Waals surface area contributed by atoms with Crippen molar-refractivity contribution in [3.63, 3.8) is 0 Å². The Morgan fingerprint density at radius 3 is 2.07 bits per heavy atom. The van der Waals surface area contributed by atoms with Crippen molar-refractivity contribution in [2.75, 3.05) is 0 Å². The number of rotatable bonds is 3. The summed E-state index contributed by atoms with van der Waals surface area (Å²) in [5.41, 5.74) is 6.35. The molecule has 5 rings (SSSR count). The highest BCUT2D eigenvalue weighted by Crippen LogP contribution is 2.52. The summed E-state index contributed by atoms with van der Waals surface area (Å²) in [6, 6.07) is 31.2. The van der Waals surface area contributed by atoms with Crippen LogP contribution in [-0.4, -0.2) is 16.7 Å². The van der Waals surface area contributed by atoms with Gasteiger partial charge in [-0.1, -0.05) is 90.5 Å². The minimum absolute atomic E-state index is 0.243. The van der Waals surface area contributed by atoms with Gasteiger partial charge in [0.25, 0.3) is 0 Å². The van der Waals surface area contributed by atoms with E-state index in [0.717, 1.165) is 5.71 Å². The van der Waals surface area contributed by atoms with Crippen molar-refractivity contribution in [2.45, 2.75) is 25.0 Å². The van der Waals surface area contributed by atoms with Gasteiger partial charge in [0.2, 0.25) is 0 Å². The summed E-state index contributed by atoms with van der Waals surface area (Å²) in [4.78, 5) is 7.46. The maximum absolute atomic E-state index is 4.88. The number of benzene rings is 3. The zero-order chi connectivity index (χ0) is 18.2. The molecule has 2 heteroatoms. The molecule has 0 spiro atoms. The first-order valence-electron chi connectivity index (χ1n) is 9.52. The molecule has 0 amide bonds. The fourth-order valence-corrected chi connectivity index (χ4v) is 4.17. The van der Waals surface area contributed by atoms with Crippen LogP contribution in [0.5, 0.6) is 0 Å². The van der Waals surface area contributed by atoms with Gasteiger partial charge in [0, 0.05) is 6.20 Å². The molecule has 27 heavy (non-hydrogen) atoms. The zero-order valence-corrected chi connectivity index (χ0v) is 15.4. The Bertz CT molecular complexity index is 988. The van der Waals surface area contributed by atoms with E-state index in [2.05, 4.69) is 103 Å². The summed E-state index contributed by atoms with van der Waals surface area (Å²) in [5, 5.41) is 0. The van der Waals surface area contributed by atoms with E-state index in [1.54, 1.807) is 0 Å². The van der Waals surface area contributed by atoms with E-state index in [0.29, 0.717) is 12.1 Å². The fourth-order valence-electron chi connectivity index (χ4n) is 4.17. The second-order valence-electron chi connectivity index (χ2n) is 7.32. The number of fused-ring (bicyclic) bond motifs is 1. The molecule has 4 atom stereocenters. The minimum atomic E-state index is 0.243. The summed E-state index contributed by atoms with van der Waals surface area (Å²) >= 11 is 0. The van der Waals surface area contributed by atoms with Crippen LogP contribution in [0, 0.1) is 6.92 Å². The molecule has 0 saturated carbocycles. The topological polar surface area (TPSA) is 15.4 Å². The molecule has 1 unspecified atom stereocenters. The van der Waals surface area contributed by atoms with Crippen LogP contribution in [-0.2, 0) is 0 Å². The van der Waals surface area contributed by atoms with E-state index in [1.165, 1.54) is 22.3 Å². The third-order valence-corrected chi connectivity index (χ3v) is 5.56. The molecule has 2 aliphatic heterocycles. The lowest BCUT2D eigenvalue weighted by Gasteiger charge is -2.16. The smallest absolute Gasteiger partial charge is 0.0740 e. The van der Waals surface area contributed by atoms with Crippen LogP contribution in [0.4, 0.5) is 0 Å². The summed E-state index contributed by atoms with van der Waals surface area (Å²) in [5.74, 6) is 0. The van der Waals surface area contributed by atoms with Crippen LogP contribution < -0.4 is 0 Å². The van der Waals surface area contributed by atoms with Crippen LogP contribution >= 0.6 is 0 Å². The highest BCUT2D eigenvalue weighted by molar-refractivity contribution is 6.07. The summed E-state index contributed by atoms with van der Waals surface area (Å²) in [6.07, 6.45) is 4.21. The second-order valence-corrected chi connectivity index (χ2v) is 7.32. The van der Waals surface area contributed by atoms with Crippen LogP contribution in [0.2, 0.25) is 0 Å². The normalized spacial score (nSPS) is 26.0. The Balaban J connectivity index is 1.57. The van der Waals surface area contributed by atoms with Crippen molar-refractivity contribution in [3.8, 4) is 0 Å². The molecule has 0 radical (unpaired) electrons. The Labute approximate surface area is 160 Å². The van der Waals surface area contributed by atoms with Gasteiger partial charge in [0.15, 0.2) is 0 Å². The molecule has 0 aromatic heterocycles. The lowest BCUT2D eigenvalue weighted by atomic mass is 10.0. The highest BCUT2D eigenvalue weighted by atomic mass is 15.4. The maximum atomic E-state index is 4.88. The Hall–Kier alpha value is -2.97. The van der Waals surface area contributed by atoms with Crippen molar-refractivity contribution in [1.29, 1.82) is 0 Å².